The number of carbonyl (C=O) groups excluding carboxylic acids is 4. The van der Waals surface area contributed by atoms with Crippen molar-refractivity contribution >= 4 is 75.3 Å². The van der Waals surface area contributed by atoms with Crippen molar-refractivity contribution in [3.05, 3.63) is 148 Å². The molecule has 5 aromatic carbocycles. The summed E-state index contributed by atoms with van der Waals surface area (Å²) in [6.07, 6.45) is 2.34. The number of aromatic hydroxyl groups is 1. The lowest BCUT2D eigenvalue weighted by atomic mass is 9.49. The number of hydrogen-bond donors (Lipinski definition) is 2. The lowest BCUT2D eigenvalue weighted by Gasteiger charge is -2.50. The number of methoxy groups -OCH3 is 1. The van der Waals surface area contributed by atoms with Crippen LogP contribution in [0.4, 0.5) is 28.4 Å². The molecule has 2 saturated heterocycles. The minimum Gasteiger partial charge on any atom is -0.508 e. The molecule has 1 saturated carbocycles. The number of fused-ring (bicyclic) bond motifs is 4. The van der Waals surface area contributed by atoms with E-state index < -0.39 is 46.8 Å². The van der Waals surface area contributed by atoms with Crippen LogP contribution in [0.3, 0.4) is 0 Å². The van der Waals surface area contributed by atoms with E-state index in [9.17, 15) is 14.7 Å². The summed E-state index contributed by atoms with van der Waals surface area (Å²) < 4.78 is 5.50. The van der Waals surface area contributed by atoms with Crippen molar-refractivity contribution in [2.75, 3.05) is 36.4 Å². The highest BCUT2D eigenvalue weighted by Gasteiger charge is 2.70. The first-order chi connectivity index (χ1) is 29.8. The van der Waals surface area contributed by atoms with Gasteiger partial charge in [0.15, 0.2) is 0 Å². The van der Waals surface area contributed by atoms with E-state index in [1.54, 1.807) is 86.8 Å². The summed E-state index contributed by atoms with van der Waals surface area (Å²) in [6.45, 7) is 1.77. The monoisotopic (exact) mass is 868 g/mol. The molecule has 0 spiro atoms. The number of halogens is 2. The first-order valence-electron chi connectivity index (χ1n) is 20.2. The summed E-state index contributed by atoms with van der Waals surface area (Å²) in [7, 11) is 5.47. The lowest BCUT2D eigenvalue weighted by molar-refractivity contribution is -0.138. The fourth-order valence-corrected chi connectivity index (χ4v) is 10.4. The highest BCUT2D eigenvalue weighted by molar-refractivity contribution is 6.36. The van der Waals surface area contributed by atoms with Crippen LogP contribution in [0.1, 0.15) is 35.4 Å². The summed E-state index contributed by atoms with van der Waals surface area (Å²) in [5.74, 6) is -4.96. The van der Waals surface area contributed by atoms with E-state index in [0.717, 1.165) is 16.3 Å². The smallest absolute Gasteiger partial charge is 0.260 e. The SMILES string of the molecule is COc1ccc([C@@]23C(=O)N(Nc4ccc(Cl)cc4Cl)C(=O)[C@@H]2C[C@@H]2C(=CC[C@@H]4C(=O)N(c5ccc(N=Nc6ccc(N(C)C)cc6)cc5)C(=O)[C@@H]42)[C@@H]3c2ccc(O)c(C)c2)cc1. The summed E-state index contributed by atoms with van der Waals surface area (Å²) in [4.78, 5) is 63.0. The third kappa shape index (κ3) is 6.60. The molecule has 2 aliphatic carbocycles. The Morgan fingerprint density at radius 3 is 2.11 bits per heavy atom. The van der Waals surface area contributed by atoms with Gasteiger partial charge in [-0.3, -0.25) is 29.5 Å². The molecule has 4 amide bonds. The molecule has 6 atom stereocenters. The minimum atomic E-state index is -1.53. The van der Waals surface area contributed by atoms with Crippen LogP contribution in [-0.2, 0) is 24.6 Å². The highest BCUT2D eigenvalue weighted by atomic mass is 35.5. The molecule has 4 aliphatic rings. The number of hydrogen-bond acceptors (Lipinski definition) is 10. The van der Waals surface area contributed by atoms with Crippen molar-refractivity contribution < 1.29 is 29.0 Å². The maximum Gasteiger partial charge on any atom is 0.260 e. The van der Waals surface area contributed by atoms with Gasteiger partial charge in [-0.2, -0.15) is 15.2 Å². The van der Waals surface area contributed by atoms with Crippen molar-refractivity contribution in [3.8, 4) is 11.5 Å². The Morgan fingerprint density at radius 2 is 1.48 bits per heavy atom. The van der Waals surface area contributed by atoms with Crippen LogP contribution in [0.5, 0.6) is 11.5 Å². The second-order valence-electron chi connectivity index (χ2n) is 16.4. The van der Waals surface area contributed by atoms with Gasteiger partial charge in [0.2, 0.25) is 11.8 Å². The largest absolute Gasteiger partial charge is 0.508 e. The van der Waals surface area contributed by atoms with Crippen LogP contribution in [0.2, 0.25) is 10.0 Å². The zero-order chi connectivity index (χ0) is 43.6. The standard InChI is InChI=1S/C48H42Cl2N6O6/c1-26-23-27(5-22-41(26)57)43-35-19-20-36-42(46(60)55(44(36)58)33-15-11-31(12-16-33)52-51-30-9-13-32(14-10-30)54(2)3)37(35)25-38-45(59)56(53-40-21-8-29(49)24-39(40)50)47(61)48(38,43)28-6-17-34(62-4)18-7-28/h5-19,21-24,36-38,42-43,53,57H,20,25H2,1-4H3/t36-,37+,38-,42-,43-,48+/m0/s1. The van der Waals surface area contributed by atoms with E-state index in [1.807, 2.05) is 55.4 Å². The van der Waals surface area contributed by atoms with Gasteiger partial charge >= 0.3 is 0 Å². The van der Waals surface area contributed by atoms with Gasteiger partial charge < -0.3 is 14.7 Å². The molecular formula is C48H42Cl2N6O6. The number of imide groups is 2. The topological polar surface area (TPSA) is 144 Å². The highest BCUT2D eigenvalue weighted by Crippen LogP contribution is 2.64. The number of allylic oxidation sites excluding steroid dienone is 2. The normalized spacial score (nSPS) is 24.2. The van der Waals surface area contributed by atoms with Crippen molar-refractivity contribution in [1.82, 2.24) is 5.01 Å². The van der Waals surface area contributed by atoms with Crippen molar-refractivity contribution in [2.24, 2.45) is 33.9 Å². The molecule has 2 N–H and O–H groups in total. The van der Waals surface area contributed by atoms with Crippen molar-refractivity contribution in [3.63, 3.8) is 0 Å². The number of ether oxygens (including phenoxy) is 1. The number of anilines is 3. The first-order valence-corrected chi connectivity index (χ1v) is 21.0. The molecule has 0 radical (unpaired) electrons. The fraction of sp³-hybridized carbons (Fsp3) is 0.250. The number of amides is 4. The maximum absolute atomic E-state index is 15.5. The van der Waals surface area contributed by atoms with E-state index in [2.05, 4.69) is 15.7 Å². The van der Waals surface area contributed by atoms with E-state index in [4.69, 9.17) is 27.9 Å². The maximum atomic E-state index is 15.5. The van der Waals surface area contributed by atoms with Gasteiger partial charge in [-0.05, 0) is 127 Å². The number of benzene rings is 5. The van der Waals surface area contributed by atoms with Gasteiger partial charge in [0.25, 0.3) is 11.8 Å². The van der Waals surface area contributed by atoms with Crippen LogP contribution < -0.4 is 20.0 Å². The summed E-state index contributed by atoms with van der Waals surface area (Å²) in [6, 6.07) is 31.5. The zero-order valence-electron chi connectivity index (χ0n) is 34.3. The molecule has 2 heterocycles. The van der Waals surface area contributed by atoms with Gasteiger partial charge in [0.1, 0.15) is 11.5 Å². The van der Waals surface area contributed by atoms with Gasteiger partial charge in [-0.1, -0.05) is 59.1 Å². The molecule has 14 heteroatoms. The average Bonchev–Trinajstić information content (AvgIpc) is 3.65. The van der Waals surface area contributed by atoms with Gasteiger partial charge in [-0.25, -0.2) is 0 Å². The molecule has 62 heavy (non-hydrogen) atoms. The van der Waals surface area contributed by atoms with E-state index >= 15 is 9.59 Å². The molecule has 3 fully saturated rings. The Balaban J connectivity index is 1.11. The molecule has 314 valence electrons. The average molecular weight is 870 g/mol. The third-order valence-electron chi connectivity index (χ3n) is 12.9. The molecular weight excluding hydrogens is 827 g/mol. The number of phenolic OH excluding ortho intramolecular Hbond substituents is 1. The zero-order valence-corrected chi connectivity index (χ0v) is 35.8. The molecule has 5 aromatic rings. The summed E-state index contributed by atoms with van der Waals surface area (Å²) >= 11 is 12.8. The van der Waals surface area contributed by atoms with E-state index in [0.29, 0.717) is 50.2 Å². The molecule has 9 rings (SSSR count). The Bertz CT molecular complexity index is 2700. The second kappa shape index (κ2) is 15.8. The summed E-state index contributed by atoms with van der Waals surface area (Å²) in [5.41, 5.74) is 7.05. The number of carbonyl (C=O) groups is 4. The molecule has 0 bridgehead atoms. The number of rotatable bonds is 9. The molecule has 0 unspecified atom stereocenters. The predicted molar refractivity (Wildman–Crippen MR) is 237 cm³/mol. The van der Waals surface area contributed by atoms with Crippen molar-refractivity contribution in [1.29, 1.82) is 0 Å². The third-order valence-corrected chi connectivity index (χ3v) is 13.4. The summed E-state index contributed by atoms with van der Waals surface area (Å²) in [5, 5.41) is 21.0. The molecule has 0 aromatic heterocycles. The van der Waals surface area contributed by atoms with Crippen LogP contribution >= 0.6 is 23.2 Å². The van der Waals surface area contributed by atoms with E-state index in [1.165, 1.54) is 11.0 Å². The molecule has 12 nitrogen and oxygen atoms in total. The fourth-order valence-electron chi connectivity index (χ4n) is 9.93. The number of nitrogens with zero attached hydrogens (tertiary/aromatic N) is 5. The van der Waals surface area contributed by atoms with Crippen LogP contribution in [0, 0.1) is 30.6 Å². The predicted octanol–water partition coefficient (Wildman–Crippen LogP) is 9.69. The Hall–Kier alpha value is -6.50. The first kappa shape index (κ1) is 40.9. The number of azo groups is 1. The number of phenols is 1. The minimum absolute atomic E-state index is 0.0710. The number of hydrazine groups is 1. The number of aryl methyl sites for hydroxylation is 1. The molecule has 2 aliphatic heterocycles. The Morgan fingerprint density at radius 1 is 0.806 bits per heavy atom. The Kier molecular flexibility index (Phi) is 10.4. The lowest BCUT2D eigenvalue weighted by Crippen LogP contribution is -2.53. The van der Waals surface area contributed by atoms with Gasteiger partial charge in [-0.15, -0.1) is 0 Å². The quantitative estimate of drug-likeness (QED) is 0.0847. The second-order valence-corrected chi connectivity index (χ2v) is 17.2. The van der Waals surface area contributed by atoms with Crippen LogP contribution in [0.15, 0.2) is 131 Å². The van der Waals surface area contributed by atoms with Crippen LogP contribution in [-0.4, -0.2) is 54.9 Å². The van der Waals surface area contributed by atoms with Crippen molar-refractivity contribution in [2.45, 2.75) is 31.1 Å². The van der Waals surface area contributed by atoms with E-state index in [-0.39, 0.29) is 35.4 Å². The number of nitrogens with one attached hydrogen (secondary N) is 1. The van der Waals surface area contributed by atoms with Gasteiger partial charge in [0, 0.05) is 30.7 Å². The van der Waals surface area contributed by atoms with Crippen LogP contribution in [0.25, 0.3) is 0 Å². The Labute approximate surface area is 368 Å². The van der Waals surface area contributed by atoms with Gasteiger partial charge in [0.05, 0.1) is 58.1 Å².